The van der Waals surface area contributed by atoms with Crippen LogP contribution in [-0.4, -0.2) is 10.7 Å². The van der Waals surface area contributed by atoms with Crippen LogP contribution in [0, 0.1) is 11.8 Å². The number of hydrogen-bond donors (Lipinski definition) is 1. The highest BCUT2D eigenvalue weighted by atomic mass is 16.3. The highest BCUT2D eigenvalue weighted by molar-refractivity contribution is 4.75. The minimum absolute atomic E-state index is 0.498. The van der Waals surface area contributed by atoms with Gasteiger partial charge in [0.25, 0.3) is 0 Å². The van der Waals surface area contributed by atoms with E-state index in [0.29, 0.717) is 5.92 Å². The van der Waals surface area contributed by atoms with Crippen LogP contribution in [0.4, 0.5) is 0 Å². The van der Waals surface area contributed by atoms with Gasteiger partial charge in [-0.15, -0.1) is 0 Å². The maximum Gasteiger partial charge on any atom is 0.0594 e. The van der Waals surface area contributed by atoms with Crippen LogP contribution < -0.4 is 0 Å². The Morgan fingerprint density at radius 1 is 1.12 bits per heavy atom. The van der Waals surface area contributed by atoms with Crippen LogP contribution in [0.1, 0.15) is 80.6 Å². The lowest BCUT2D eigenvalue weighted by Crippen LogP contribution is -2.26. The molecule has 1 nitrogen and oxygen atoms in total. The smallest absolute Gasteiger partial charge is 0.0594 e. The fourth-order valence-corrected chi connectivity index (χ4v) is 2.03. The second-order valence-electron chi connectivity index (χ2n) is 5.30. The Bertz CT molecular complexity index is 135. The molecule has 0 aliphatic heterocycles. The third kappa shape index (κ3) is 10.5. The lowest BCUT2D eigenvalue weighted by atomic mass is 9.80. The second-order valence-corrected chi connectivity index (χ2v) is 5.30. The summed E-state index contributed by atoms with van der Waals surface area (Å²) in [5.74, 6) is 1.44. The van der Waals surface area contributed by atoms with E-state index < -0.39 is 5.60 Å². The van der Waals surface area contributed by atoms with Gasteiger partial charge in [-0.1, -0.05) is 60.3 Å². The van der Waals surface area contributed by atoms with Gasteiger partial charge in [0.05, 0.1) is 5.60 Å². The molecule has 2 atom stereocenters. The minimum atomic E-state index is -0.498. The first-order valence-electron chi connectivity index (χ1n) is 7.13. The van der Waals surface area contributed by atoms with Gasteiger partial charge in [-0.05, 0) is 32.1 Å². The lowest BCUT2D eigenvalue weighted by Gasteiger charge is -2.29. The Labute approximate surface area is 104 Å². The van der Waals surface area contributed by atoms with Gasteiger partial charge in [0.15, 0.2) is 0 Å². The topological polar surface area (TPSA) is 20.2 Å². The van der Waals surface area contributed by atoms with E-state index in [1.54, 1.807) is 0 Å². The van der Waals surface area contributed by atoms with Gasteiger partial charge < -0.3 is 5.11 Å². The fraction of sp³-hybridized carbons (Fsp3) is 1.00. The van der Waals surface area contributed by atoms with Crippen molar-refractivity contribution in [2.45, 2.75) is 86.2 Å². The standard InChI is InChI=1S/C13H28O.C2H6/c1-6-8-9-12(11(3)7-2)10-13(4,5)14;1-2/h11-12,14H,6-10H2,1-5H3;1-2H3. The first kappa shape index (κ1) is 18.3. The van der Waals surface area contributed by atoms with E-state index in [0.717, 1.165) is 12.3 Å². The molecule has 1 heteroatoms. The molecule has 0 rings (SSSR count). The van der Waals surface area contributed by atoms with Crippen molar-refractivity contribution < 1.29 is 5.11 Å². The molecular weight excluding hydrogens is 196 g/mol. The van der Waals surface area contributed by atoms with Crippen LogP contribution in [0.3, 0.4) is 0 Å². The Morgan fingerprint density at radius 2 is 1.62 bits per heavy atom. The normalized spacial score (nSPS) is 15.0. The van der Waals surface area contributed by atoms with Crippen molar-refractivity contribution >= 4 is 0 Å². The Hall–Kier alpha value is -0.0400. The summed E-state index contributed by atoms with van der Waals surface area (Å²) >= 11 is 0. The molecule has 0 bridgehead atoms. The summed E-state index contributed by atoms with van der Waals surface area (Å²) < 4.78 is 0. The van der Waals surface area contributed by atoms with E-state index in [1.165, 1.54) is 25.7 Å². The summed E-state index contributed by atoms with van der Waals surface area (Å²) in [6.45, 7) is 14.6. The summed E-state index contributed by atoms with van der Waals surface area (Å²) in [5.41, 5.74) is -0.498. The van der Waals surface area contributed by atoms with E-state index in [-0.39, 0.29) is 0 Å². The van der Waals surface area contributed by atoms with E-state index in [2.05, 4.69) is 20.8 Å². The Kier molecular flexibility index (Phi) is 11.6. The zero-order chi connectivity index (χ0) is 13.2. The summed E-state index contributed by atoms with van der Waals surface area (Å²) in [7, 11) is 0. The second kappa shape index (κ2) is 10.1. The monoisotopic (exact) mass is 230 g/mol. The highest BCUT2D eigenvalue weighted by Gasteiger charge is 2.23. The molecule has 0 heterocycles. The molecule has 16 heavy (non-hydrogen) atoms. The molecule has 0 aromatic carbocycles. The van der Waals surface area contributed by atoms with E-state index in [4.69, 9.17) is 0 Å². The van der Waals surface area contributed by atoms with Crippen molar-refractivity contribution in [3.8, 4) is 0 Å². The molecule has 0 amide bonds. The Morgan fingerprint density at radius 3 is 1.94 bits per heavy atom. The number of unbranched alkanes of at least 4 members (excludes halogenated alkanes) is 1. The predicted molar refractivity (Wildman–Crippen MR) is 74.7 cm³/mol. The van der Waals surface area contributed by atoms with Crippen molar-refractivity contribution in [1.82, 2.24) is 0 Å². The van der Waals surface area contributed by atoms with E-state index >= 15 is 0 Å². The third-order valence-electron chi connectivity index (χ3n) is 3.14. The van der Waals surface area contributed by atoms with Crippen molar-refractivity contribution in [3.63, 3.8) is 0 Å². The third-order valence-corrected chi connectivity index (χ3v) is 3.14. The zero-order valence-corrected chi connectivity index (χ0v) is 12.6. The van der Waals surface area contributed by atoms with Gasteiger partial charge in [0, 0.05) is 0 Å². The van der Waals surface area contributed by atoms with Gasteiger partial charge in [0.2, 0.25) is 0 Å². The zero-order valence-electron chi connectivity index (χ0n) is 12.6. The van der Waals surface area contributed by atoms with Crippen LogP contribution in [-0.2, 0) is 0 Å². The summed E-state index contributed by atoms with van der Waals surface area (Å²) in [5, 5.41) is 9.83. The van der Waals surface area contributed by atoms with Crippen LogP contribution in [0.2, 0.25) is 0 Å². The van der Waals surface area contributed by atoms with Gasteiger partial charge in [-0.3, -0.25) is 0 Å². The molecule has 0 saturated heterocycles. The van der Waals surface area contributed by atoms with Crippen LogP contribution in [0.25, 0.3) is 0 Å². The van der Waals surface area contributed by atoms with Crippen molar-refractivity contribution in [3.05, 3.63) is 0 Å². The first-order chi connectivity index (χ1) is 7.40. The van der Waals surface area contributed by atoms with Crippen LogP contribution >= 0.6 is 0 Å². The van der Waals surface area contributed by atoms with Crippen LogP contribution in [0.5, 0.6) is 0 Å². The summed E-state index contributed by atoms with van der Waals surface area (Å²) in [4.78, 5) is 0. The molecule has 0 aliphatic carbocycles. The number of hydrogen-bond acceptors (Lipinski definition) is 1. The SMILES string of the molecule is CC.CCCCC(CC(C)(C)O)C(C)CC. The molecular formula is C15H34O. The first-order valence-corrected chi connectivity index (χ1v) is 7.13. The van der Waals surface area contributed by atoms with Crippen LogP contribution in [0.15, 0.2) is 0 Å². The number of aliphatic hydroxyl groups is 1. The van der Waals surface area contributed by atoms with Crippen molar-refractivity contribution in [1.29, 1.82) is 0 Å². The lowest BCUT2D eigenvalue weighted by molar-refractivity contribution is 0.0397. The molecule has 0 aliphatic rings. The predicted octanol–water partition coefficient (Wildman–Crippen LogP) is 5.03. The molecule has 0 aromatic rings. The minimum Gasteiger partial charge on any atom is -0.390 e. The fourth-order valence-electron chi connectivity index (χ4n) is 2.03. The molecule has 0 aromatic heterocycles. The molecule has 0 radical (unpaired) electrons. The van der Waals surface area contributed by atoms with E-state index in [1.807, 2.05) is 27.7 Å². The number of rotatable bonds is 7. The van der Waals surface area contributed by atoms with Crippen molar-refractivity contribution in [2.24, 2.45) is 11.8 Å². The average Bonchev–Trinajstić information content (AvgIpc) is 2.24. The van der Waals surface area contributed by atoms with Gasteiger partial charge >= 0.3 is 0 Å². The summed E-state index contributed by atoms with van der Waals surface area (Å²) in [6, 6.07) is 0. The molecule has 1 N–H and O–H groups in total. The van der Waals surface area contributed by atoms with Gasteiger partial charge in [-0.25, -0.2) is 0 Å². The van der Waals surface area contributed by atoms with E-state index in [9.17, 15) is 5.11 Å². The largest absolute Gasteiger partial charge is 0.390 e. The maximum absolute atomic E-state index is 9.83. The molecule has 0 saturated carbocycles. The molecule has 100 valence electrons. The molecule has 0 fully saturated rings. The average molecular weight is 230 g/mol. The Balaban J connectivity index is 0. The van der Waals surface area contributed by atoms with Gasteiger partial charge in [-0.2, -0.15) is 0 Å². The highest BCUT2D eigenvalue weighted by Crippen LogP contribution is 2.29. The van der Waals surface area contributed by atoms with Crippen molar-refractivity contribution in [2.75, 3.05) is 0 Å². The van der Waals surface area contributed by atoms with Gasteiger partial charge in [0.1, 0.15) is 0 Å². The summed E-state index contributed by atoms with van der Waals surface area (Å²) in [6.07, 6.45) is 6.01. The molecule has 0 spiro atoms. The maximum atomic E-state index is 9.83. The quantitative estimate of drug-likeness (QED) is 0.650. The molecule has 2 unspecified atom stereocenters.